The average Bonchev–Trinajstić information content (AvgIpc) is 2.72. The zero-order valence-corrected chi connectivity index (χ0v) is 15.7. The number of benzene rings is 1. The van der Waals surface area contributed by atoms with E-state index in [1.165, 1.54) is 6.07 Å². The zero-order chi connectivity index (χ0) is 19.1. The molecule has 0 bridgehead atoms. The molecular weight excluding hydrogens is 347 g/mol. The lowest BCUT2D eigenvalue weighted by Gasteiger charge is -2.36. The van der Waals surface area contributed by atoms with E-state index in [1.807, 2.05) is 15.9 Å². The fourth-order valence-electron chi connectivity index (χ4n) is 3.68. The van der Waals surface area contributed by atoms with Crippen LogP contribution in [0.2, 0.25) is 0 Å². The van der Waals surface area contributed by atoms with E-state index in [0.717, 1.165) is 45.7 Å². The number of hydrogen-bond donors (Lipinski definition) is 0. The summed E-state index contributed by atoms with van der Waals surface area (Å²) in [6.45, 7) is 7.09. The number of halogens is 1. The van der Waals surface area contributed by atoms with E-state index in [1.54, 1.807) is 12.1 Å². The summed E-state index contributed by atoms with van der Waals surface area (Å²) in [5.41, 5.74) is 0.704. The van der Waals surface area contributed by atoms with Crippen molar-refractivity contribution in [2.24, 2.45) is 0 Å². The Bertz CT molecular complexity index is 677. The highest BCUT2D eigenvalue weighted by Crippen LogP contribution is 2.23. The normalized spacial score (nSPS) is 18.4. The van der Waals surface area contributed by atoms with Gasteiger partial charge >= 0.3 is 0 Å². The van der Waals surface area contributed by atoms with Crippen molar-refractivity contribution < 1.29 is 13.9 Å². The second-order valence-electron chi connectivity index (χ2n) is 7.02. The van der Waals surface area contributed by atoms with Gasteiger partial charge < -0.3 is 14.5 Å². The molecule has 2 heterocycles. The molecule has 0 unspecified atom stereocenters. The van der Waals surface area contributed by atoms with Crippen molar-refractivity contribution in [1.29, 1.82) is 5.26 Å². The Morgan fingerprint density at radius 3 is 2.56 bits per heavy atom. The summed E-state index contributed by atoms with van der Waals surface area (Å²) in [7, 11) is 0. The molecule has 0 aliphatic carbocycles. The zero-order valence-electron chi connectivity index (χ0n) is 15.7. The Balaban J connectivity index is 1.40. The lowest BCUT2D eigenvalue weighted by molar-refractivity contribution is -0.131. The highest BCUT2D eigenvalue weighted by Gasteiger charge is 2.23. The number of nitriles is 1. The molecule has 2 saturated heterocycles. The van der Waals surface area contributed by atoms with E-state index in [2.05, 4.69) is 4.90 Å². The van der Waals surface area contributed by atoms with Crippen LogP contribution in [0.5, 0.6) is 0 Å². The first-order valence-electron chi connectivity index (χ1n) is 9.70. The summed E-state index contributed by atoms with van der Waals surface area (Å²) in [6.07, 6.45) is 2.51. The van der Waals surface area contributed by atoms with Gasteiger partial charge in [0.1, 0.15) is 17.4 Å². The van der Waals surface area contributed by atoms with Gasteiger partial charge in [0.05, 0.1) is 18.9 Å². The van der Waals surface area contributed by atoms with Crippen LogP contribution < -0.4 is 4.90 Å². The SMILES string of the molecule is N#Cc1c(F)cccc1N1CCN(C(=O)CCCCN2CCOCC2)CC1. The van der Waals surface area contributed by atoms with Gasteiger partial charge in [-0.1, -0.05) is 6.07 Å². The van der Waals surface area contributed by atoms with Crippen LogP contribution in [-0.2, 0) is 9.53 Å². The maximum absolute atomic E-state index is 13.8. The monoisotopic (exact) mass is 374 g/mol. The van der Waals surface area contributed by atoms with Crippen LogP contribution in [0.1, 0.15) is 24.8 Å². The van der Waals surface area contributed by atoms with Gasteiger partial charge in [0.15, 0.2) is 0 Å². The number of hydrogen-bond acceptors (Lipinski definition) is 5. The molecule has 1 aromatic rings. The lowest BCUT2D eigenvalue weighted by atomic mass is 10.1. The molecule has 2 aliphatic rings. The fraction of sp³-hybridized carbons (Fsp3) is 0.600. The van der Waals surface area contributed by atoms with Crippen molar-refractivity contribution >= 4 is 11.6 Å². The van der Waals surface area contributed by atoms with E-state index >= 15 is 0 Å². The van der Waals surface area contributed by atoms with Gasteiger partial charge in [0.2, 0.25) is 5.91 Å². The van der Waals surface area contributed by atoms with Gasteiger partial charge in [-0.2, -0.15) is 5.26 Å². The van der Waals surface area contributed by atoms with Crippen molar-refractivity contribution in [1.82, 2.24) is 9.80 Å². The molecule has 1 amide bonds. The minimum Gasteiger partial charge on any atom is -0.379 e. The highest BCUT2D eigenvalue weighted by molar-refractivity contribution is 5.76. The van der Waals surface area contributed by atoms with Crippen molar-refractivity contribution in [2.45, 2.75) is 19.3 Å². The van der Waals surface area contributed by atoms with E-state index in [9.17, 15) is 14.4 Å². The fourth-order valence-corrected chi connectivity index (χ4v) is 3.68. The maximum Gasteiger partial charge on any atom is 0.222 e. The van der Waals surface area contributed by atoms with Crippen LogP contribution in [0.15, 0.2) is 18.2 Å². The summed E-state index contributed by atoms with van der Waals surface area (Å²) in [6, 6.07) is 6.64. The number of piperazine rings is 1. The quantitative estimate of drug-likeness (QED) is 0.711. The number of nitrogens with zero attached hydrogens (tertiary/aromatic N) is 4. The molecule has 0 aromatic heterocycles. The molecule has 7 heteroatoms. The predicted molar refractivity (Wildman–Crippen MR) is 101 cm³/mol. The first-order chi connectivity index (χ1) is 13.2. The second-order valence-corrected chi connectivity index (χ2v) is 7.02. The Kier molecular flexibility index (Phi) is 7.02. The third-order valence-corrected chi connectivity index (χ3v) is 5.30. The van der Waals surface area contributed by atoms with Crippen LogP contribution in [0.3, 0.4) is 0 Å². The van der Waals surface area contributed by atoms with E-state index in [-0.39, 0.29) is 11.5 Å². The number of morpholine rings is 1. The molecule has 1 aromatic carbocycles. The molecule has 3 rings (SSSR count). The average molecular weight is 374 g/mol. The van der Waals surface area contributed by atoms with Crippen molar-refractivity contribution in [2.75, 3.05) is 63.9 Å². The van der Waals surface area contributed by atoms with Gasteiger partial charge in [0.25, 0.3) is 0 Å². The maximum atomic E-state index is 13.8. The summed E-state index contributed by atoms with van der Waals surface area (Å²) in [4.78, 5) is 18.7. The summed E-state index contributed by atoms with van der Waals surface area (Å²) in [5.74, 6) is -0.301. The van der Waals surface area contributed by atoms with Crippen LogP contribution in [-0.4, -0.2) is 74.7 Å². The Morgan fingerprint density at radius 2 is 1.85 bits per heavy atom. The number of carbonyl (C=O) groups is 1. The minimum atomic E-state index is -0.492. The van der Waals surface area contributed by atoms with Crippen LogP contribution in [0, 0.1) is 17.1 Å². The number of rotatable bonds is 6. The van der Waals surface area contributed by atoms with Gasteiger partial charge in [0, 0.05) is 45.7 Å². The molecule has 0 spiro atoms. The predicted octanol–water partition coefficient (Wildman–Crippen LogP) is 1.85. The van der Waals surface area contributed by atoms with Gasteiger partial charge in [-0.3, -0.25) is 9.69 Å². The van der Waals surface area contributed by atoms with E-state index < -0.39 is 5.82 Å². The first-order valence-corrected chi connectivity index (χ1v) is 9.70. The number of carbonyl (C=O) groups excluding carboxylic acids is 1. The molecule has 2 aliphatic heterocycles. The molecule has 6 nitrogen and oxygen atoms in total. The van der Waals surface area contributed by atoms with Crippen molar-refractivity contribution in [3.05, 3.63) is 29.6 Å². The molecule has 0 radical (unpaired) electrons. The molecule has 0 N–H and O–H groups in total. The Labute approximate surface area is 160 Å². The number of unbranched alkanes of at least 4 members (excludes halogenated alkanes) is 1. The van der Waals surface area contributed by atoms with E-state index in [0.29, 0.717) is 38.3 Å². The molecule has 27 heavy (non-hydrogen) atoms. The largest absolute Gasteiger partial charge is 0.379 e. The standard InChI is InChI=1S/C20H27FN4O2/c21-18-4-3-5-19(17(18)16-22)24-8-10-25(11-9-24)20(26)6-1-2-7-23-12-14-27-15-13-23/h3-5H,1-2,6-15H2. The third-order valence-electron chi connectivity index (χ3n) is 5.30. The minimum absolute atomic E-state index is 0.0837. The van der Waals surface area contributed by atoms with Crippen LogP contribution in [0.4, 0.5) is 10.1 Å². The molecule has 0 saturated carbocycles. The summed E-state index contributed by atoms with van der Waals surface area (Å²) < 4.78 is 19.1. The Hall–Kier alpha value is -2.17. The van der Waals surface area contributed by atoms with Crippen molar-refractivity contribution in [3.63, 3.8) is 0 Å². The topological polar surface area (TPSA) is 59.8 Å². The van der Waals surface area contributed by atoms with Gasteiger partial charge in [-0.25, -0.2) is 4.39 Å². The van der Waals surface area contributed by atoms with Crippen LogP contribution in [0.25, 0.3) is 0 Å². The Morgan fingerprint density at radius 1 is 1.11 bits per heavy atom. The highest BCUT2D eigenvalue weighted by atomic mass is 19.1. The van der Waals surface area contributed by atoms with Gasteiger partial charge in [-0.15, -0.1) is 0 Å². The number of anilines is 1. The molecule has 0 atom stereocenters. The third kappa shape index (κ3) is 5.18. The van der Waals surface area contributed by atoms with E-state index in [4.69, 9.17) is 4.74 Å². The number of ether oxygens (including phenoxy) is 1. The van der Waals surface area contributed by atoms with Gasteiger partial charge in [-0.05, 0) is 31.5 Å². The molecular formula is C20H27FN4O2. The smallest absolute Gasteiger partial charge is 0.222 e. The lowest BCUT2D eigenvalue weighted by Crippen LogP contribution is -2.49. The second kappa shape index (κ2) is 9.67. The molecule has 2 fully saturated rings. The summed E-state index contributed by atoms with van der Waals surface area (Å²) in [5, 5.41) is 9.19. The number of amides is 1. The summed E-state index contributed by atoms with van der Waals surface area (Å²) >= 11 is 0. The van der Waals surface area contributed by atoms with Crippen LogP contribution >= 0.6 is 0 Å². The molecule has 146 valence electrons. The van der Waals surface area contributed by atoms with Crippen molar-refractivity contribution in [3.8, 4) is 6.07 Å². The first kappa shape index (κ1) is 19.6.